The zero-order valence-electron chi connectivity index (χ0n) is 8.96. The molecule has 0 aliphatic rings. The monoisotopic (exact) mass is 226 g/mol. The molecule has 1 aromatic carbocycles. The highest BCUT2D eigenvalue weighted by atomic mass is 35.5. The van der Waals surface area contributed by atoms with Crippen molar-refractivity contribution in [2.24, 2.45) is 0 Å². The fraction of sp³-hybridized carbons (Fsp3) is 0.333. The summed E-state index contributed by atoms with van der Waals surface area (Å²) in [4.78, 5) is 0. The molecule has 1 rings (SSSR count). The summed E-state index contributed by atoms with van der Waals surface area (Å²) >= 11 is 5.60. The maximum absolute atomic E-state index is 9.38. The molecule has 0 aliphatic heterocycles. The summed E-state index contributed by atoms with van der Waals surface area (Å²) in [5.74, 6) is 0.765. The van der Waals surface area contributed by atoms with Gasteiger partial charge >= 0.3 is 0 Å². The lowest BCUT2D eigenvalue weighted by Gasteiger charge is -2.11. The van der Waals surface area contributed by atoms with Gasteiger partial charge in [0.1, 0.15) is 12.4 Å². The fourth-order valence-corrected chi connectivity index (χ4v) is 1.31. The molecule has 0 bridgehead atoms. The Kier molecular flexibility index (Phi) is 4.18. The molecule has 0 aromatic heterocycles. The minimum atomic E-state index is -0.458. The lowest BCUT2D eigenvalue weighted by molar-refractivity contribution is 0.199. The predicted molar refractivity (Wildman–Crippen MR) is 62.3 cm³/mol. The molecule has 1 N–H and O–H groups in total. The highest BCUT2D eigenvalue weighted by Crippen LogP contribution is 2.23. The number of aryl methyl sites for hydroxylation is 1. The molecule has 0 aliphatic carbocycles. The average molecular weight is 227 g/mol. The van der Waals surface area contributed by atoms with Crippen LogP contribution in [0.15, 0.2) is 29.8 Å². The van der Waals surface area contributed by atoms with Gasteiger partial charge in [-0.05, 0) is 37.1 Å². The highest BCUT2D eigenvalue weighted by Gasteiger charge is 2.05. The lowest BCUT2D eigenvalue weighted by atomic mass is 10.1. The van der Waals surface area contributed by atoms with Crippen LogP contribution < -0.4 is 4.74 Å². The molecule has 0 unspecified atom stereocenters. The van der Waals surface area contributed by atoms with Crippen LogP contribution >= 0.6 is 11.6 Å². The summed E-state index contributed by atoms with van der Waals surface area (Å²) in [6, 6.07) is 5.57. The number of hydrogen-bond acceptors (Lipinski definition) is 2. The van der Waals surface area contributed by atoms with Crippen molar-refractivity contribution in [2.75, 3.05) is 6.61 Å². The maximum Gasteiger partial charge on any atom is 0.123 e. The van der Waals surface area contributed by atoms with E-state index < -0.39 is 6.10 Å². The van der Waals surface area contributed by atoms with Gasteiger partial charge in [-0.15, -0.1) is 0 Å². The number of benzene rings is 1. The van der Waals surface area contributed by atoms with Crippen molar-refractivity contribution >= 4 is 11.6 Å². The van der Waals surface area contributed by atoms with Gasteiger partial charge in [0.15, 0.2) is 0 Å². The molecule has 0 radical (unpaired) electrons. The van der Waals surface area contributed by atoms with E-state index >= 15 is 0 Å². The van der Waals surface area contributed by atoms with Crippen LogP contribution in [0.4, 0.5) is 0 Å². The van der Waals surface area contributed by atoms with Gasteiger partial charge in [-0.25, -0.2) is 0 Å². The largest absolute Gasteiger partial charge is 0.488 e. The van der Waals surface area contributed by atoms with Crippen molar-refractivity contribution in [1.29, 1.82) is 0 Å². The zero-order chi connectivity index (χ0) is 11.4. The van der Waals surface area contributed by atoms with E-state index in [2.05, 4.69) is 6.58 Å². The molecule has 2 nitrogen and oxygen atoms in total. The Balaban J connectivity index is 2.79. The van der Waals surface area contributed by atoms with Gasteiger partial charge in [0.05, 0.1) is 6.10 Å². The SMILES string of the molecule is C=C(Cl)COc1ccc([C@H](C)O)cc1C. The number of halogens is 1. The van der Waals surface area contributed by atoms with Crippen LogP contribution in [-0.2, 0) is 0 Å². The number of ether oxygens (including phenoxy) is 1. The summed E-state index contributed by atoms with van der Waals surface area (Å²) in [5, 5.41) is 9.85. The Morgan fingerprint density at radius 1 is 1.60 bits per heavy atom. The molecule has 0 saturated heterocycles. The predicted octanol–water partition coefficient (Wildman–Crippen LogP) is 3.18. The third-order valence-electron chi connectivity index (χ3n) is 2.07. The van der Waals surface area contributed by atoms with Crippen molar-refractivity contribution in [3.8, 4) is 5.75 Å². The second-order valence-electron chi connectivity index (χ2n) is 3.51. The van der Waals surface area contributed by atoms with Crippen LogP contribution in [0.2, 0.25) is 0 Å². The molecule has 0 saturated carbocycles. The summed E-state index contributed by atoms with van der Waals surface area (Å²) in [6.07, 6.45) is -0.458. The summed E-state index contributed by atoms with van der Waals surface area (Å²) in [5.41, 5.74) is 1.86. The van der Waals surface area contributed by atoms with E-state index in [-0.39, 0.29) is 0 Å². The van der Waals surface area contributed by atoms with E-state index in [4.69, 9.17) is 16.3 Å². The van der Waals surface area contributed by atoms with Crippen molar-refractivity contribution in [3.05, 3.63) is 40.9 Å². The van der Waals surface area contributed by atoms with E-state index in [0.717, 1.165) is 16.9 Å². The lowest BCUT2D eigenvalue weighted by Crippen LogP contribution is -1.99. The second-order valence-corrected chi connectivity index (χ2v) is 4.04. The van der Waals surface area contributed by atoms with Crippen molar-refractivity contribution in [1.82, 2.24) is 0 Å². The van der Waals surface area contributed by atoms with E-state index in [1.54, 1.807) is 6.92 Å². The molecule has 3 heteroatoms. The van der Waals surface area contributed by atoms with Gasteiger partial charge in [0.2, 0.25) is 0 Å². The van der Waals surface area contributed by atoms with Crippen LogP contribution in [0.5, 0.6) is 5.75 Å². The third-order valence-corrected chi connectivity index (χ3v) is 2.17. The smallest absolute Gasteiger partial charge is 0.123 e. The van der Waals surface area contributed by atoms with Gasteiger partial charge in [-0.1, -0.05) is 24.2 Å². The molecule has 0 fully saturated rings. The van der Waals surface area contributed by atoms with Crippen LogP contribution in [0.1, 0.15) is 24.2 Å². The Morgan fingerprint density at radius 3 is 2.73 bits per heavy atom. The first-order chi connectivity index (χ1) is 7.00. The van der Waals surface area contributed by atoms with E-state index in [0.29, 0.717) is 11.6 Å². The molecule has 15 heavy (non-hydrogen) atoms. The first-order valence-corrected chi connectivity index (χ1v) is 5.13. The van der Waals surface area contributed by atoms with Crippen molar-refractivity contribution in [2.45, 2.75) is 20.0 Å². The molecule has 1 aromatic rings. The van der Waals surface area contributed by atoms with Gasteiger partial charge in [0, 0.05) is 5.03 Å². The quantitative estimate of drug-likeness (QED) is 0.855. The van der Waals surface area contributed by atoms with Crippen LogP contribution in [0.25, 0.3) is 0 Å². The summed E-state index contributed by atoms with van der Waals surface area (Å²) in [6.45, 7) is 7.51. The molecule has 0 heterocycles. The summed E-state index contributed by atoms with van der Waals surface area (Å²) in [7, 11) is 0. The fourth-order valence-electron chi connectivity index (χ4n) is 1.25. The highest BCUT2D eigenvalue weighted by molar-refractivity contribution is 6.29. The molecular weight excluding hydrogens is 212 g/mol. The van der Waals surface area contributed by atoms with E-state index in [9.17, 15) is 5.11 Å². The Hall–Kier alpha value is -0.990. The Labute approximate surface area is 95.1 Å². The number of aliphatic hydroxyl groups is 1. The number of rotatable bonds is 4. The number of aliphatic hydroxyl groups excluding tert-OH is 1. The number of hydrogen-bond donors (Lipinski definition) is 1. The standard InChI is InChI=1S/C12H15ClO2/c1-8-6-11(10(3)14)4-5-12(8)15-7-9(2)13/h4-6,10,14H,2,7H2,1,3H3/t10-/m0/s1. The van der Waals surface area contributed by atoms with Crippen molar-refractivity contribution < 1.29 is 9.84 Å². The van der Waals surface area contributed by atoms with Gasteiger partial charge in [-0.2, -0.15) is 0 Å². The van der Waals surface area contributed by atoms with E-state index in [1.165, 1.54) is 0 Å². The Morgan fingerprint density at radius 2 is 2.27 bits per heavy atom. The van der Waals surface area contributed by atoms with Gasteiger partial charge < -0.3 is 9.84 Å². The van der Waals surface area contributed by atoms with Crippen LogP contribution in [0.3, 0.4) is 0 Å². The molecule has 82 valence electrons. The van der Waals surface area contributed by atoms with E-state index in [1.807, 2.05) is 25.1 Å². The minimum absolute atomic E-state index is 0.302. The minimum Gasteiger partial charge on any atom is -0.488 e. The first kappa shape index (κ1) is 12.1. The molecule has 0 amide bonds. The molecule has 0 spiro atoms. The van der Waals surface area contributed by atoms with Gasteiger partial charge in [-0.3, -0.25) is 0 Å². The Bertz CT molecular complexity index is 359. The topological polar surface area (TPSA) is 29.5 Å². The summed E-state index contributed by atoms with van der Waals surface area (Å²) < 4.78 is 5.42. The first-order valence-electron chi connectivity index (χ1n) is 4.75. The van der Waals surface area contributed by atoms with Crippen molar-refractivity contribution in [3.63, 3.8) is 0 Å². The van der Waals surface area contributed by atoms with Gasteiger partial charge in [0.25, 0.3) is 0 Å². The second kappa shape index (κ2) is 5.19. The van der Waals surface area contributed by atoms with Crippen LogP contribution in [0, 0.1) is 6.92 Å². The zero-order valence-corrected chi connectivity index (χ0v) is 9.71. The van der Waals surface area contributed by atoms with Crippen LogP contribution in [-0.4, -0.2) is 11.7 Å². The molecular formula is C12H15ClO2. The molecule has 1 atom stereocenters. The average Bonchev–Trinajstić information content (AvgIpc) is 2.15. The normalized spacial score (nSPS) is 12.3. The maximum atomic E-state index is 9.38. The third kappa shape index (κ3) is 3.57.